The number of carboxylic acids is 1. The Balaban J connectivity index is 2.18. The van der Waals surface area contributed by atoms with Gasteiger partial charge in [-0.15, -0.1) is 0 Å². The van der Waals surface area contributed by atoms with Crippen molar-refractivity contribution >= 4 is 17.6 Å². The van der Waals surface area contributed by atoms with Crippen LogP contribution in [0.5, 0.6) is 0 Å². The van der Waals surface area contributed by atoms with Crippen LogP contribution in [0.3, 0.4) is 0 Å². The fourth-order valence-electron chi connectivity index (χ4n) is 2.75. The summed E-state index contributed by atoms with van der Waals surface area (Å²) in [6.45, 7) is 5.20. The molecule has 0 aromatic carbocycles. The minimum atomic E-state index is -0.952. The summed E-state index contributed by atoms with van der Waals surface area (Å²) in [5.74, 6) is -2.47. The summed E-state index contributed by atoms with van der Waals surface area (Å²) in [5, 5.41) is 11.8. The normalized spacial score (nSPS) is 23.2. The van der Waals surface area contributed by atoms with Gasteiger partial charge in [-0.05, 0) is 18.4 Å². The van der Waals surface area contributed by atoms with E-state index in [-0.39, 0.29) is 11.5 Å². The summed E-state index contributed by atoms with van der Waals surface area (Å²) in [7, 11) is 1.60. The van der Waals surface area contributed by atoms with Gasteiger partial charge in [0.2, 0.25) is 5.91 Å². The summed E-state index contributed by atoms with van der Waals surface area (Å²) in [6, 6.07) is 1.59. The zero-order valence-corrected chi connectivity index (χ0v) is 11.9. The number of nitrogens with one attached hydrogen (secondary N) is 1. The van der Waals surface area contributed by atoms with Gasteiger partial charge in [0.15, 0.2) is 0 Å². The Morgan fingerprint density at radius 1 is 1.35 bits per heavy atom. The van der Waals surface area contributed by atoms with Gasteiger partial charge in [-0.2, -0.15) is 0 Å². The van der Waals surface area contributed by atoms with Crippen LogP contribution in [0, 0.1) is 24.2 Å². The fourth-order valence-corrected chi connectivity index (χ4v) is 2.75. The van der Waals surface area contributed by atoms with Crippen LogP contribution < -0.4 is 10.9 Å². The third kappa shape index (κ3) is 2.21. The average molecular weight is 278 g/mol. The molecule has 108 valence electrons. The highest BCUT2D eigenvalue weighted by atomic mass is 16.4. The first-order chi connectivity index (χ1) is 9.16. The molecule has 0 radical (unpaired) electrons. The smallest absolute Gasteiger partial charge is 0.307 e. The van der Waals surface area contributed by atoms with Gasteiger partial charge >= 0.3 is 5.97 Å². The molecule has 1 aromatic heterocycles. The highest BCUT2D eigenvalue weighted by Gasteiger charge is 2.65. The number of carbonyl (C=O) groups excluding carboxylic acids is 1. The predicted octanol–water partition coefficient (Wildman–Crippen LogP) is 0.989. The first-order valence-corrected chi connectivity index (χ1v) is 6.37. The van der Waals surface area contributed by atoms with Crippen molar-refractivity contribution in [2.24, 2.45) is 24.3 Å². The number of carboxylic acid groups (broad SMARTS) is 1. The van der Waals surface area contributed by atoms with E-state index in [1.54, 1.807) is 33.9 Å². The maximum Gasteiger partial charge on any atom is 0.307 e. The molecule has 2 atom stereocenters. The molecule has 1 aliphatic rings. The molecule has 20 heavy (non-hydrogen) atoms. The van der Waals surface area contributed by atoms with Crippen LogP contribution in [0.1, 0.15) is 19.4 Å². The number of aryl methyl sites for hydroxylation is 2. The summed E-state index contributed by atoms with van der Waals surface area (Å²) in [5.41, 5.74) is 0.362. The van der Waals surface area contributed by atoms with Crippen molar-refractivity contribution in [3.63, 3.8) is 0 Å². The minimum Gasteiger partial charge on any atom is -0.481 e. The summed E-state index contributed by atoms with van der Waals surface area (Å²) in [4.78, 5) is 34.8. The lowest BCUT2D eigenvalue weighted by atomic mass is 10.1. The Bertz CT molecular complexity index is 619. The van der Waals surface area contributed by atoms with Crippen molar-refractivity contribution in [2.75, 3.05) is 5.32 Å². The largest absolute Gasteiger partial charge is 0.481 e. The molecule has 1 heterocycles. The molecule has 1 fully saturated rings. The Morgan fingerprint density at radius 2 is 1.95 bits per heavy atom. The van der Waals surface area contributed by atoms with Crippen LogP contribution in [-0.2, 0) is 16.6 Å². The lowest BCUT2D eigenvalue weighted by Crippen LogP contribution is -2.22. The van der Waals surface area contributed by atoms with Gasteiger partial charge in [-0.3, -0.25) is 14.4 Å². The minimum absolute atomic E-state index is 0.127. The van der Waals surface area contributed by atoms with Gasteiger partial charge in [-0.25, -0.2) is 0 Å². The van der Waals surface area contributed by atoms with E-state index in [1.165, 1.54) is 10.8 Å². The van der Waals surface area contributed by atoms with Crippen molar-refractivity contribution in [3.05, 3.63) is 28.2 Å². The monoisotopic (exact) mass is 278 g/mol. The van der Waals surface area contributed by atoms with E-state index < -0.39 is 23.2 Å². The number of rotatable bonds is 3. The Morgan fingerprint density at radius 3 is 2.40 bits per heavy atom. The summed E-state index contributed by atoms with van der Waals surface area (Å²) < 4.78 is 1.39. The SMILES string of the molecule is Cc1cc(NC(=O)[C@@H]2[C@H](C(=O)O)C2(C)C)cn(C)c1=O. The molecule has 6 heteroatoms. The second-order valence-corrected chi connectivity index (χ2v) is 5.93. The molecule has 1 amide bonds. The number of nitrogens with zero attached hydrogens (tertiary/aromatic N) is 1. The molecule has 1 aromatic rings. The quantitative estimate of drug-likeness (QED) is 0.863. The number of aromatic nitrogens is 1. The molecule has 0 aliphatic heterocycles. The predicted molar refractivity (Wildman–Crippen MR) is 73.4 cm³/mol. The van der Waals surface area contributed by atoms with Gasteiger partial charge in [0.25, 0.3) is 5.56 Å². The first-order valence-electron chi connectivity index (χ1n) is 6.37. The first kappa shape index (κ1) is 14.3. The molecule has 1 aliphatic carbocycles. The maximum absolute atomic E-state index is 12.2. The van der Waals surface area contributed by atoms with E-state index in [0.717, 1.165) is 0 Å². The maximum atomic E-state index is 12.2. The third-order valence-corrected chi connectivity index (χ3v) is 4.01. The van der Waals surface area contributed by atoms with Gasteiger partial charge in [0.05, 0.1) is 17.5 Å². The van der Waals surface area contributed by atoms with Crippen molar-refractivity contribution in [1.29, 1.82) is 0 Å². The van der Waals surface area contributed by atoms with Gasteiger partial charge in [-0.1, -0.05) is 13.8 Å². The average Bonchev–Trinajstić information content (AvgIpc) is 2.89. The lowest BCUT2D eigenvalue weighted by Gasteiger charge is -2.08. The molecule has 0 saturated heterocycles. The van der Waals surface area contributed by atoms with E-state index in [9.17, 15) is 14.4 Å². The highest BCUT2D eigenvalue weighted by molar-refractivity contribution is 5.99. The summed E-state index contributed by atoms with van der Waals surface area (Å²) >= 11 is 0. The van der Waals surface area contributed by atoms with E-state index in [1.807, 2.05) is 0 Å². The second-order valence-electron chi connectivity index (χ2n) is 5.93. The van der Waals surface area contributed by atoms with Gasteiger partial charge in [0, 0.05) is 18.8 Å². The van der Waals surface area contributed by atoms with Gasteiger partial charge < -0.3 is 15.0 Å². The van der Waals surface area contributed by atoms with Crippen LogP contribution in [0.4, 0.5) is 5.69 Å². The van der Waals surface area contributed by atoms with Crippen LogP contribution in [-0.4, -0.2) is 21.6 Å². The third-order valence-electron chi connectivity index (χ3n) is 4.01. The Labute approximate surface area is 116 Å². The van der Waals surface area contributed by atoms with Crippen LogP contribution >= 0.6 is 0 Å². The van der Waals surface area contributed by atoms with Crippen LogP contribution in [0.2, 0.25) is 0 Å². The molecular formula is C14H18N2O4. The molecule has 0 spiro atoms. The molecule has 6 nitrogen and oxygen atoms in total. The van der Waals surface area contributed by atoms with Crippen molar-refractivity contribution in [2.45, 2.75) is 20.8 Å². The number of carbonyl (C=O) groups is 2. The van der Waals surface area contributed by atoms with Gasteiger partial charge in [0.1, 0.15) is 0 Å². The number of amides is 1. The summed E-state index contributed by atoms with van der Waals surface area (Å²) in [6.07, 6.45) is 1.53. The van der Waals surface area contributed by atoms with Crippen molar-refractivity contribution in [3.8, 4) is 0 Å². The van der Waals surface area contributed by atoms with E-state index in [2.05, 4.69) is 5.32 Å². The Hall–Kier alpha value is -2.11. The topological polar surface area (TPSA) is 88.4 Å². The molecular weight excluding hydrogens is 260 g/mol. The molecule has 2 rings (SSSR count). The lowest BCUT2D eigenvalue weighted by molar-refractivity contribution is -0.140. The van der Waals surface area contributed by atoms with Crippen molar-refractivity contribution < 1.29 is 14.7 Å². The van der Waals surface area contributed by atoms with E-state index >= 15 is 0 Å². The second kappa shape index (κ2) is 4.47. The van der Waals surface area contributed by atoms with E-state index in [4.69, 9.17) is 5.11 Å². The standard InChI is InChI=1S/C14H18N2O4/c1-7-5-8(6-16(4)12(7)18)15-11(17)9-10(13(19)20)14(9,2)3/h5-6,9-10H,1-4H3,(H,15,17)(H,19,20)/t9-,10+/m0/s1. The molecule has 2 N–H and O–H groups in total. The number of hydrogen-bond donors (Lipinski definition) is 2. The molecule has 1 saturated carbocycles. The number of hydrogen-bond acceptors (Lipinski definition) is 3. The highest BCUT2D eigenvalue weighted by Crippen LogP contribution is 2.58. The number of anilines is 1. The zero-order chi connectivity index (χ0) is 15.2. The van der Waals surface area contributed by atoms with Crippen LogP contribution in [0.25, 0.3) is 0 Å². The number of pyridine rings is 1. The van der Waals surface area contributed by atoms with E-state index in [0.29, 0.717) is 11.3 Å². The number of aliphatic carboxylic acids is 1. The molecule has 0 bridgehead atoms. The fraction of sp³-hybridized carbons (Fsp3) is 0.500. The molecule has 0 unspecified atom stereocenters. The van der Waals surface area contributed by atoms with Crippen LogP contribution in [0.15, 0.2) is 17.1 Å². The van der Waals surface area contributed by atoms with Crippen molar-refractivity contribution in [1.82, 2.24) is 4.57 Å². The zero-order valence-electron chi connectivity index (χ0n) is 11.9. The Kier molecular flexibility index (Phi) is 3.20.